The molecule has 3 nitrogen and oxygen atoms in total. The zero-order valence-corrected chi connectivity index (χ0v) is 13.1. The Morgan fingerprint density at radius 2 is 1.71 bits per heavy atom. The van der Waals surface area contributed by atoms with Crippen molar-refractivity contribution in [1.29, 1.82) is 0 Å². The van der Waals surface area contributed by atoms with Gasteiger partial charge in [-0.05, 0) is 25.7 Å². The van der Waals surface area contributed by atoms with Gasteiger partial charge in [0.25, 0.3) is 0 Å². The average molecular weight is 292 g/mol. The molecule has 118 valence electrons. The lowest BCUT2D eigenvalue weighted by atomic mass is 10.1. The van der Waals surface area contributed by atoms with Crippen LogP contribution < -0.4 is 0 Å². The van der Waals surface area contributed by atoms with Crippen molar-refractivity contribution in [2.45, 2.75) is 71.1 Å². The molecule has 3 heteroatoms. The molecule has 0 aromatic carbocycles. The van der Waals surface area contributed by atoms with Gasteiger partial charge in [-0.3, -0.25) is 4.79 Å². The van der Waals surface area contributed by atoms with Crippen molar-refractivity contribution >= 4 is 5.97 Å². The van der Waals surface area contributed by atoms with Crippen LogP contribution in [0.15, 0.2) is 35.8 Å². The van der Waals surface area contributed by atoms with Crippen LogP contribution in [0.3, 0.4) is 0 Å². The maximum Gasteiger partial charge on any atom is 0.303 e. The van der Waals surface area contributed by atoms with Crippen LogP contribution in [0.5, 0.6) is 0 Å². The van der Waals surface area contributed by atoms with Gasteiger partial charge in [-0.2, -0.15) is 0 Å². The molecule has 0 aromatic rings. The van der Waals surface area contributed by atoms with Gasteiger partial charge in [0.2, 0.25) is 0 Å². The second-order valence-electron chi connectivity index (χ2n) is 5.40. The van der Waals surface area contributed by atoms with Crippen LogP contribution in [-0.2, 0) is 9.53 Å². The van der Waals surface area contributed by atoms with Crippen molar-refractivity contribution < 1.29 is 14.6 Å². The number of rotatable bonds is 13. The van der Waals surface area contributed by atoms with E-state index in [0.717, 1.165) is 63.5 Å². The van der Waals surface area contributed by atoms with Crippen molar-refractivity contribution in [3.05, 3.63) is 35.8 Å². The molecule has 0 radical (unpaired) electrons. The van der Waals surface area contributed by atoms with E-state index in [-0.39, 0.29) is 0 Å². The summed E-state index contributed by atoms with van der Waals surface area (Å²) in [6.45, 7) is 2.14. The quantitative estimate of drug-likeness (QED) is 0.368. The summed E-state index contributed by atoms with van der Waals surface area (Å²) in [7, 11) is 0. The zero-order valence-electron chi connectivity index (χ0n) is 13.1. The number of carboxylic acids is 1. The van der Waals surface area contributed by atoms with Crippen molar-refractivity contribution in [2.75, 3.05) is 0 Å². The molecule has 1 N–H and O–H groups in total. The van der Waals surface area contributed by atoms with Gasteiger partial charge in [0.1, 0.15) is 11.5 Å². The van der Waals surface area contributed by atoms with E-state index >= 15 is 0 Å². The van der Waals surface area contributed by atoms with E-state index < -0.39 is 5.97 Å². The minimum atomic E-state index is -0.686. The van der Waals surface area contributed by atoms with Crippen LogP contribution in [0, 0.1) is 0 Å². The van der Waals surface area contributed by atoms with Crippen LogP contribution in [0.2, 0.25) is 0 Å². The van der Waals surface area contributed by atoms with E-state index in [9.17, 15) is 4.79 Å². The SMILES string of the molecule is CC/C=C\C/C=C\CC1=C(CCCCCCCC(=O)O)O1. The number of carboxylic acid groups (broad SMARTS) is 1. The highest BCUT2D eigenvalue weighted by Crippen LogP contribution is 2.33. The van der Waals surface area contributed by atoms with Gasteiger partial charge in [-0.25, -0.2) is 0 Å². The molecule has 1 heterocycles. The highest BCUT2D eigenvalue weighted by Gasteiger charge is 2.22. The van der Waals surface area contributed by atoms with Crippen molar-refractivity contribution in [3.63, 3.8) is 0 Å². The molecule has 0 saturated heterocycles. The molecular weight excluding hydrogens is 264 g/mol. The summed E-state index contributed by atoms with van der Waals surface area (Å²) in [4.78, 5) is 10.3. The normalized spacial score (nSPS) is 14.1. The molecule has 0 unspecified atom stereocenters. The Morgan fingerprint density at radius 3 is 2.48 bits per heavy atom. The highest BCUT2D eigenvalue weighted by atomic mass is 16.6. The van der Waals surface area contributed by atoms with Crippen molar-refractivity contribution in [3.8, 4) is 0 Å². The standard InChI is InChI=1S/C18H28O3/c1-2-3-4-5-7-10-13-16-17(21-16)14-11-8-6-9-12-15-18(19)20/h3-4,7,10H,2,5-6,8-9,11-15H2,1H3,(H,19,20)/b4-3-,10-7-. The van der Waals surface area contributed by atoms with E-state index in [2.05, 4.69) is 31.2 Å². The second kappa shape index (κ2) is 11.2. The summed E-state index contributed by atoms with van der Waals surface area (Å²) in [6.07, 6.45) is 18.4. The molecule has 1 rings (SSSR count). The summed E-state index contributed by atoms with van der Waals surface area (Å²) in [6, 6.07) is 0. The Balaban J connectivity index is 1.94. The third kappa shape index (κ3) is 9.94. The lowest BCUT2D eigenvalue weighted by molar-refractivity contribution is -0.137. The minimum absolute atomic E-state index is 0.304. The Bertz CT molecular complexity index is 391. The average Bonchev–Trinajstić information content (AvgIpc) is 3.20. The van der Waals surface area contributed by atoms with Gasteiger partial charge in [-0.1, -0.05) is 50.5 Å². The number of aliphatic carboxylic acids is 1. The summed E-state index contributed by atoms with van der Waals surface area (Å²) in [5.74, 6) is 1.64. The van der Waals surface area contributed by atoms with Crippen molar-refractivity contribution in [1.82, 2.24) is 0 Å². The highest BCUT2D eigenvalue weighted by molar-refractivity contribution is 5.66. The topological polar surface area (TPSA) is 49.8 Å². The molecule has 0 saturated carbocycles. The number of hydrogen-bond acceptors (Lipinski definition) is 2. The first kappa shape index (κ1) is 17.5. The molecule has 0 aromatic heterocycles. The third-order valence-electron chi connectivity index (χ3n) is 3.45. The maximum atomic E-state index is 10.3. The van der Waals surface area contributed by atoms with Crippen molar-refractivity contribution in [2.24, 2.45) is 0 Å². The second-order valence-corrected chi connectivity index (χ2v) is 5.40. The molecule has 0 bridgehead atoms. The van der Waals surface area contributed by atoms with E-state index in [4.69, 9.17) is 9.84 Å². The summed E-state index contributed by atoms with van der Waals surface area (Å²) < 4.78 is 5.49. The first-order chi connectivity index (χ1) is 10.2. The van der Waals surface area contributed by atoms with Gasteiger partial charge in [-0.15, -0.1) is 0 Å². The molecule has 1 aliphatic rings. The van der Waals surface area contributed by atoms with E-state index in [1.165, 1.54) is 5.76 Å². The smallest absolute Gasteiger partial charge is 0.303 e. The fourth-order valence-corrected chi connectivity index (χ4v) is 2.19. The minimum Gasteiger partial charge on any atom is -0.481 e. The number of ether oxygens (including phenoxy) is 1. The molecule has 0 atom stereocenters. The fraction of sp³-hybridized carbons (Fsp3) is 0.611. The Morgan fingerprint density at radius 1 is 1.00 bits per heavy atom. The van der Waals surface area contributed by atoms with Crippen LogP contribution in [0.25, 0.3) is 0 Å². The summed E-state index contributed by atoms with van der Waals surface area (Å²) in [5.41, 5.74) is 0. The monoisotopic (exact) mass is 292 g/mol. The number of unbranched alkanes of at least 4 members (excludes halogenated alkanes) is 4. The van der Waals surface area contributed by atoms with E-state index in [0.29, 0.717) is 6.42 Å². The summed E-state index contributed by atoms with van der Waals surface area (Å²) in [5, 5.41) is 8.53. The van der Waals surface area contributed by atoms with Crippen LogP contribution in [0.1, 0.15) is 71.1 Å². The predicted octanol–water partition coefficient (Wildman–Crippen LogP) is 5.35. The molecule has 0 amide bonds. The van der Waals surface area contributed by atoms with Gasteiger partial charge in [0.05, 0.1) is 0 Å². The largest absolute Gasteiger partial charge is 0.481 e. The number of hydrogen-bond donors (Lipinski definition) is 1. The fourth-order valence-electron chi connectivity index (χ4n) is 2.19. The number of carbonyl (C=O) groups is 1. The van der Waals surface area contributed by atoms with Gasteiger partial charge in [0.15, 0.2) is 0 Å². The van der Waals surface area contributed by atoms with Gasteiger partial charge >= 0.3 is 5.97 Å². The molecular formula is C18H28O3. The van der Waals surface area contributed by atoms with E-state index in [1.807, 2.05) is 0 Å². The van der Waals surface area contributed by atoms with Crippen LogP contribution in [-0.4, -0.2) is 11.1 Å². The molecule has 0 fully saturated rings. The zero-order chi connectivity index (χ0) is 15.3. The first-order valence-electron chi connectivity index (χ1n) is 8.15. The predicted molar refractivity (Wildman–Crippen MR) is 85.9 cm³/mol. The maximum absolute atomic E-state index is 10.3. The van der Waals surface area contributed by atoms with Gasteiger partial charge < -0.3 is 9.84 Å². The summed E-state index contributed by atoms with van der Waals surface area (Å²) >= 11 is 0. The lowest BCUT2D eigenvalue weighted by Gasteiger charge is -1.97. The first-order valence-corrected chi connectivity index (χ1v) is 8.15. The van der Waals surface area contributed by atoms with Crippen LogP contribution in [0.4, 0.5) is 0 Å². The molecule has 0 spiro atoms. The Hall–Kier alpha value is -1.51. The Kier molecular flexibility index (Phi) is 9.34. The number of allylic oxidation sites excluding steroid dienone is 5. The Labute approximate surface area is 128 Å². The molecule has 0 aliphatic carbocycles. The van der Waals surface area contributed by atoms with Gasteiger partial charge in [0, 0.05) is 19.3 Å². The lowest BCUT2D eigenvalue weighted by Crippen LogP contribution is -1.93. The molecule has 1 aliphatic heterocycles. The van der Waals surface area contributed by atoms with Crippen LogP contribution >= 0.6 is 0 Å². The molecule has 21 heavy (non-hydrogen) atoms. The van der Waals surface area contributed by atoms with E-state index in [1.54, 1.807) is 0 Å². The third-order valence-corrected chi connectivity index (χ3v) is 3.45.